The highest BCUT2D eigenvalue weighted by Crippen LogP contribution is 2.33. The Morgan fingerprint density at radius 3 is 2.47 bits per heavy atom. The summed E-state index contributed by atoms with van der Waals surface area (Å²) in [6.45, 7) is 12.4. The summed E-state index contributed by atoms with van der Waals surface area (Å²) in [5.74, 6) is 0.673. The first-order valence-electron chi connectivity index (χ1n) is 6.56. The van der Waals surface area contributed by atoms with Crippen LogP contribution in [0.2, 0.25) is 0 Å². The maximum absolute atomic E-state index is 4.27. The second-order valence-corrected chi connectivity index (χ2v) is 6.06. The lowest BCUT2D eigenvalue weighted by atomic mass is 9.78. The van der Waals surface area contributed by atoms with Crippen molar-refractivity contribution in [2.75, 3.05) is 6.54 Å². The normalized spacial score (nSPS) is 15.9. The molecule has 2 unspecified atom stereocenters. The van der Waals surface area contributed by atoms with Gasteiger partial charge in [-0.2, -0.15) is 5.10 Å². The molecule has 1 heterocycles. The van der Waals surface area contributed by atoms with Gasteiger partial charge in [0.25, 0.3) is 0 Å². The molecular weight excluding hydrogens is 210 g/mol. The van der Waals surface area contributed by atoms with Crippen LogP contribution in [0.15, 0.2) is 12.4 Å². The van der Waals surface area contributed by atoms with E-state index in [4.69, 9.17) is 0 Å². The van der Waals surface area contributed by atoms with Crippen molar-refractivity contribution in [2.24, 2.45) is 18.4 Å². The fraction of sp³-hybridized carbons (Fsp3) is 0.786. The van der Waals surface area contributed by atoms with Gasteiger partial charge in [0.15, 0.2) is 0 Å². The molecule has 1 N–H and O–H groups in total. The maximum atomic E-state index is 4.27. The van der Waals surface area contributed by atoms with Gasteiger partial charge in [-0.05, 0) is 24.3 Å². The van der Waals surface area contributed by atoms with Crippen LogP contribution in [0, 0.1) is 11.3 Å². The minimum Gasteiger partial charge on any atom is -0.310 e. The minimum atomic E-state index is 0.357. The zero-order valence-corrected chi connectivity index (χ0v) is 12.1. The van der Waals surface area contributed by atoms with Crippen LogP contribution in [0.4, 0.5) is 0 Å². The van der Waals surface area contributed by atoms with E-state index in [1.54, 1.807) is 0 Å². The Kier molecular flexibility index (Phi) is 4.75. The van der Waals surface area contributed by atoms with E-state index < -0.39 is 0 Å². The molecule has 0 saturated heterocycles. The van der Waals surface area contributed by atoms with Crippen LogP contribution in [0.25, 0.3) is 0 Å². The highest BCUT2D eigenvalue weighted by molar-refractivity contribution is 5.10. The third-order valence-corrected chi connectivity index (χ3v) is 3.65. The molecule has 0 aromatic carbocycles. The van der Waals surface area contributed by atoms with E-state index in [2.05, 4.69) is 51.2 Å². The number of nitrogens with one attached hydrogen (secondary N) is 1. The molecule has 1 aromatic rings. The summed E-state index contributed by atoms with van der Waals surface area (Å²) in [6.07, 6.45) is 5.24. The number of hydrogen-bond acceptors (Lipinski definition) is 2. The molecule has 98 valence electrons. The van der Waals surface area contributed by atoms with Crippen LogP contribution in [-0.2, 0) is 7.05 Å². The summed E-state index contributed by atoms with van der Waals surface area (Å²) < 4.78 is 1.88. The van der Waals surface area contributed by atoms with Gasteiger partial charge in [0.2, 0.25) is 0 Å². The average molecular weight is 237 g/mol. The summed E-state index contributed by atoms with van der Waals surface area (Å²) in [5, 5.41) is 7.83. The highest BCUT2D eigenvalue weighted by atomic mass is 15.2. The first-order valence-corrected chi connectivity index (χ1v) is 6.56. The molecule has 0 saturated carbocycles. The monoisotopic (exact) mass is 237 g/mol. The summed E-state index contributed by atoms with van der Waals surface area (Å²) in [6, 6.07) is 0.419. The lowest BCUT2D eigenvalue weighted by Gasteiger charge is -2.30. The second kappa shape index (κ2) is 5.67. The van der Waals surface area contributed by atoms with Crippen LogP contribution in [0.3, 0.4) is 0 Å². The van der Waals surface area contributed by atoms with Crippen LogP contribution in [0.1, 0.15) is 52.6 Å². The van der Waals surface area contributed by atoms with Gasteiger partial charge in [-0.15, -0.1) is 0 Å². The third kappa shape index (κ3) is 4.15. The topological polar surface area (TPSA) is 29.9 Å². The van der Waals surface area contributed by atoms with Crippen molar-refractivity contribution in [1.82, 2.24) is 15.1 Å². The van der Waals surface area contributed by atoms with Gasteiger partial charge >= 0.3 is 0 Å². The molecular formula is C14H27N3. The Hall–Kier alpha value is -0.830. The largest absolute Gasteiger partial charge is 0.310 e. The van der Waals surface area contributed by atoms with E-state index in [1.807, 2.05) is 17.9 Å². The number of aromatic nitrogens is 2. The van der Waals surface area contributed by atoms with Crippen LogP contribution in [0.5, 0.6) is 0 Å². The fourth-order valence-corrected chi connectivity index (χ4v) is 1.91. The lowest BCUT2D eigenvalue weighted by Crippen LogP contribution is -2.27. The first kappa shape index (κ1) is 14.2. The van der Waals surface area contributed by atoms with Crippen molar-refractivity contribution in [2.45, 2.75) is 47.1 Å². The van der Waals surface area contributed by atoms with E-state index in [0.717, 1.165) is 13.0 Å². The molecule has 0 bridgehead atoms. The molecule has 0 aliphatic rings. The molecule has 2 atom stereocenters. The quantitative estimate of drug-likeness (QED) is 0.852. The molecule has 1 rings (SSSR count). The van der Waals surface area contributed by atoms with E-state index in [1.165, 1.54) is 5.56 Å². The van der Waals surface area contributed by atoms with E-state index in [0.29, 0.717) is 17.4 Å². The molecule has 0 radical (unpaired) electrons. The molecule has 17 heavy (non-hydrogen) atoms. The highest BCUT2D eigenvalue weighted by Gasteiger charge is 2.24. The maximum Gasteiger partial charge on any atom is 0.0537 e. The zero-order chi connectivity index (χ0) is 13.1. The second-order valence-electron chi connectivity index (χ2n) is 6.06. The molecule has 0 spiro atoms. The molecule has 0 aliphatic carbocycles. The summed E-state index contributed by atoms with van der Waals surface area (Å²) in [7, 11) is 1.97. The average Bonchev–Trinajstić information content (AvgIpc) is 2.62. The Bertz CT molecular complexity index is 335. The van der Waals surface area contributed by atoms with E-state index in [-0.39, 0.29) is 0 Å². The van der Waals surface area contributed by atoms with Crippen molar-refractivity contribution in [1.29, 1.82) is 0 Å². The summed E-state index contributed by atoms with van der Waals surface area (Å²) >= 11 is 0. The van der Waals surface area contributed by atoms with Gasteiger partial charge in [-0.1, -0.05) is 34.6 Å². The molecule has 3 nitrogen and oxygen atoms in total. The number of aryl methyl sites for hydroxylation is 1. The van der Waals surface area contributed by atoms with Crippen molar-refractivity contribution in [3.8, 4) is 0 Å². The van der Waals surface area contributed by atoms with Gasteiger partial charge in [0.05, 0.1) is 6.20 Å². The van der Waals surface area contributed by atoms with Crippen LogP contribution < -0.4 is 5.32 Å². The molecule has 0 amide bonds. The number of hydrogen-bond donors (Lipinski definition) is 1. The van der Waals surface area contributed by atoms with Crippen molar-refractivity contribution in [3.63, 3.8) is 0 Å². The van der Waals surface area contributed by atoms with Gasteiger partial charge in [0, 0.05) is 24.8 Å². The SMILES string of the molecule is CCNC(CC(C)C(C)(C)C)c1cnn(C)c1. The molecule has 0 fully saturated rings. The summed E-state index contributed by atoms with van der Waals surface area (Å²) in [5.41, 5.74) is 1.65. The van der Waals surface area contributed by atoms with Gasteiger partial charge in [-0.25, -0.2) is 0 Å². The summed E-state index contributed by atoms with van der Waals surface area (Å²) in [4.78, 5) is 0. The zero-order valence-electron chi connectivity index (χ0n) is 12.1. The van der Waals surface area contributed by atoms with Gasteiger partial charge < -0.3 is 5.32 Å². The Morgan fingerprint density at radius 2 is 2.06 bits per heavy atom. The van der Waals surface area contributed by atoms with Crippen LogP contribution >= 0.6 is 0 Å². The smallest absolute Gasteiger partial charge is 0.0537 e. The third-order valence-electron chi connectivity index (χ3n) is 3.65. The Labute approximate surface area is 106 Å². The van der Waals surface area contributed by atoms with Gasteiger partial charge in [-0.3, -0.25) is 4.68 Å². The van der Waals surface area contributed by atoms with Crippen LogP contribution in [-0.4, -0.2) is 16.3 Å². The molecule has 3 heteroatoms. The fourth-order valence-electron chi connectivity index (χ4n) is 1.91. The minimum absolute atomic E-state index is 0.357. The van der Waals surface area contributed by atoms with Crippen molar-refractivity contribution < 1.29 is 0 Å². The number of rotatable bonds is 5. The Morgan fingerprint density at radius 1 is 1.41 bits per heavy atom. The predicted molar refractivity (Wildman–Crippen MR) is 72.9 cm³/mol. The number of nitrogens with zero attached hydrogens (tertiary/aromatic N) is 2. The van der Waals surface area contributed by atoms with E-state index >= 15 is 0 Å². The lowest BCUT2D eigenvalue weighted by molar-refractivity contribution is 0.224. The standard InChI is InChI=1S/C14H27N3/c1-7-15-13(8-11(2)14(3,4)5)12-9-16-17(6)10-12/h9-11,13,15H,7-8H2,1-6H3. The van der Waals surface area contributed by atoms with Gasteiger partial charge in [0.1, 0.15) is 0 Å². The van der Waals surface area contributed by atoms with E-state index in [9.17, 15) is 0 Å². The Balaban J connectivity index is 2.73. The molecule has 1 aromatic heterocycles. The first-order chi connectivity index (χ1) is 7.84. The van der Waals surface area contributed by atoms with Crippen molar-refractivity contribution in [3.05, 3.63) is 18.0 Å². The molecule has 0 aliphatic heterocycles. The predicted octanol–water partition coefficient (Wildman–Crippen LogP) is 3.14. The van der Waals surface area contributed by atoms with Crippen molar-refractivity contribution >= 4 is 0 Å².